The molecule has 0 radical (unpaired) electrons. The molecule has 1 aliphatic rings. The van der Waals surface area contributed by atoms with Gasteiger partial charge in [-0.3, -0.25) is 0 Å². The molecule has 8 heteroatoms. The number of rotatable bonds is 4. The lowest BCUT2D eigenvalue weighted by atomic mass is 10.1. The van der Waals surface area contributed by atoms with Crippen molar-refractivity contribution in [2.24, 2.45) is 0 Å². The molecule has 3 rings (SSSR count). The van der Waals surface area contributed by atoms with Crippen LogP contribution in [0.15, 0.2) is 21.3 Å². The molecule has 3 heterocycles. The zero-order valence-corrected chi connectivity index (χ0v) is 14.0. The average molecular weight is 336 g/mol. The van der Waals surface area contributed by atoms with Crippen LogP contribution in [0.2, 0.25) is 0 Å². The van der Waals surface area contributed by atoms with Crippen molar-refractivity contribution in [2.45, 2.75) is 32.4 Å². The van der Waals surface area contributed by atoms with E-state index in [-0.39, 0.29) is 18.2 Å². The molecule has 2 atom stereocenters. The fourth-order valence-corrected chi connectivity index (χ4v) is 3.24. The summed E-state index contributed by atoms with van der Waals surface area (Å²) in [5.74, 6) is 1.01. The van der Waals surface area contributed by atoms with Gasteiger partial charge in [-0.1, -0.05) is 12.1 Å². The number of amides is 2. The molecule has 0 bridgehead atoms. The molecule has 7 nitrogen and oxygen atoms in total. The Hall–Kier alpha value is -1.93. The predicted molar refractivity (Wildman–Crippen MR) is 85.2 cm³/mol. The van der Waals surface area contributed by atoms with E-state index >= 15 is 0 Å². The standard InChI is InChI=1S/C15H20N4O3S/c1-3-12(14-16-10(2)22-18-14)17-15(20)19-5-6-21-13(8-19)11-4-7-23-9-11/h4,7,9,12-13H,3,5-6,8H2,1-2H3,(H,17,20)/t12-,13+/m1/s1. The molecule has 0 aliphatic carbocycles. The van der Waals surface area contributed by atoms with Crippen LogP contribution in [0.5, 0.6) is 0 Å². The second kappa shape index (κ2) is 7.10. The summed E-state index contributed by atoms with van der Waals surface area (Å²) in [5, 5.41) is 11.0. The number of carbonyl (C=O) groups excluding carboxylic acids is 1. The molecule has 0 saturated carbocycles. The van der Waals surface area contributed by atoms with Gasteiger partial charge in [-0.2, -0.15) is 16.3 Å². The summed E-state index contributed by atoms with van der Waals surface area (Å²) in [6, 6.07) is 1.67. The number of hydrogen-bond donors (Lipinski definition) is 1. The van der Waals surface area contributed by atoms with Gasteiger partial charge in [0.05, 0.1) is 19.2 Å². The smallest absolute Gasteiger partial charge is 0.318 e. The van der Waals surface area contributed by atoms with Crippen molar-refractivity contribution in [3.05, 3.63) is 34.1 Å². The Morgan fingerprint density at radius 3 is 3.13 bits per heavy atom. The zero-order chi connectivity index (χ0) is 16.2. The number of carbonyl (C=O) groups is 1. The maximum Gasteiger partial charge on any atom is 0.318 e. The van der Waals surface area contributed by atoms with Gasteiger partial charge in [-0.25, -0.2) is 4.79 Å². The summed E-state index contributed by atoms with van der Waals surface area (Å²) >= 11 is 1.63. The third-order valence-corrected chi connectivity index (χ3v) is 4.53. The number of aromatic nitrogens is 2. The lowest BCUT2D eigenvalue weighted by molar-refractivity contribution is -0.0156. The van der Waals surface area contributed by atoms with Crippen LogP contribution < -0.4 is 5.32 Å². The molecule has 2 aromatic rings. The molecule has 124 valence electrons. The largest absolute Gasteiger partial charge is 0.370 e. The fourth-order valence-electron chi connectivity index (χ4n) is 2.54. The van der Waals surface area contributed by atoms with E-state index in [2.05, 4.69) is 20.8 Å². The Bertz CT molecular complexity index is 643. The number of aryl methyl sites for hydroxylation is 1. The lowest BCUT2D eigenvalue weighted by Crippen LogP contribution is -2.48. The van der Waals surface area contributed by atoms with Crippen LogP contribution in [-0.2, 0) is 4.74 Å². The quantitative estimate of drug-likeness (QED) is 0.928. The minimum absolute atomic E-state index is 0.0618. The van der Waals surface area contributed by atoms with Crippen LogP contribution in [0.3, 0.4) is 0 Å². The van der Waals surface area contributed by atoms with E-state index in [4.69, 9.17) is 9.26 Å². The molecule has 2 aromatic heterocycles. The van der Waals surface area contributed by atoms with Gasteiger partial charge in [-0.05, 0) is 28.8 Å². The van der Waals surface area contributed by atoms with Gasteiger partial charge in [0.25, 0.3) is 0 Å². The molecule has 0 spiro atoms. The molecular formula is C15H20N4O3S. The molecule has 0 unspecified atom stereocenters. The van der Waals surface area contributed by atoms with Crippen molar-refractivity contribution in [2.75, 3.05) is 19.7 Å². The van der Waals surface area contributed by atoms with Gasteiger partial charge in [0.15, 0.2) is 5.82 Å². The highest BCUT2D eigenvalue weighted by molar-refractivity contribution is 7.07. The maximum absolute atomic E-state index is 12.5. The first-order valence-corrected chi connectivity index (χ1v) is 8.61. The SMILES string of the molecule is CC[C@@H](NC(=O)N1CCO[C@H](c2ccsc2)C1)c1noc(C)n1. The lowest BCUT2D eigenvalue weighted by Gasteiger charge is -2.33. The number of urea groups is 1. The minimum Gasteiger partial charge on any atom is -0.370 e. The third-order valence-electron chi connectivity index (χ3n) is 3.83. The predicted octanol–water partition coefficient (Wildman–Crippen LogP) is 2.67. The Balaban J connectivity index is 1.62. The summed E-state index contributed by atoms with van der Waals surface area (Å²) in [4.78, 5) is 18.5. The van der Waals surface area contributed by atoms with Gasteiger partial charge < -0.3 is 19.5 Å². The summed E-state index contributed by atoms with van der Waals surface area (Å²) in [6.45, 7) is 5.37. The van der Waals surface area contributed by atoms with Gasteiger partial charge >= 0.3 is 6.03 Å². The van der Waals surface area contributed by atoms with Crippen LogP contribution >= 0.6 is 11.3 Å². The van der Waals surface area contributed by atoms with E-state index in [1.807, 2.05) is 18.4 Å². The van der Waals surface area contributed by atoms with Crippen molar-refractivity contribution in [1.82, 2.24) is 20.4 Å². The number of nitrogens with zero attached hydrogens (tertiary/aromatic N) is 3. The van der Waals surface area contributed by atoms with Crippen molar-refractivity contribution in [3.63, 3.8) is 0 Å². The topological polar surface area (TPSA) is 80.5 Å². The normalized spacial score (nSPS) is 19.6. The van der Waals surface area contributed by atoms with Crippen LogP contribution in [-0.4, -0.2) is 40.8 Å². The number of morpholine rings is 1. The Kier molecular flexibility index (Phi) is 4.92. The molecule has 2 amide bonds. The summed E-state index contributed by atoms with van der Waals surface area (Å²) in [7, 11) is 0. The Morgan fingerprint density at radius 2 is 2.48 bits per heavy atom. The first-order valence-electron chi connectivity index (χ1n) is 7.66. The van der Waals surface area contributed by atoms with Crippen LogP contribution in [0.25, 0.3) is 0 Å². The first-order chi connectivity index (χ1) is 11.2. The van der Waals surface area contributed by atoms with Crippen molar-refractivity contribution < 1.29 is 14.1 Å². The van der Waals surface area contributed by atoms with Crippen LogP contribution in [0, 0.1) is 6.92 Å². The number of thiophene rings is 1. The summed E-state index contributed by atoms with van der Waals surface area (Å²) in [5.41, 5.74) is 1.12. The maximum atomic E-state index is 12.5. The molecule has 0 aromatic carbocycles. The molecule has 23 heavy (non-hydrogen) atoms. The van der Waals surface area contributed by atoms with Crippen molar-refractivity contribution >= 4 is 17.4 Å². The highest BCUT2D eigenvalue weighted by Crippen LogP contribution is 2.24. The fraction of sp³-hybridized carbons (Fsp3) is 0.533. The van der Waals surface area contributed by atoms with Gasteiger partial charge in [-0.15, -0.1) is 0 Å². The average Bonchev–Trinajstić information content (AvgIpc) is 3.24. The molecule has 1 saturated heterocycles. The van der Waals surface area contributed by atoms with E-state index < -0.39 is 0 Å². The third kappa shape index (κ3) is 3.70. The van der Waals surface area contributed by atoms with E-state index in [1.165, 1.54) is 0 Å². The summed E-state index contributed by atoms with van der Waals surface area (Å²) in [6.07, 6.45) is 0.636. The Labute approximate surface area is 138 Å². The van der Waals surface area contributed by atoms with E-state index in [0.29, 0.717) is 37.8 Å². The highest BCUT2D eigenvalue weighted by Gasteiger charge is 2.27. The second-order valence-electron chi connectivity index (χ2n) is 5.44. The van der Waals surface area contributed by atoms with Crippen molar-refractivity contribution in [3.8, 4) is 0 Å². The number of nitrogens with one attached hydrogen (secondary N) is 1. The number of ether oxygens (including phenoxy) is 1. The van der Waals surface area contributed by atoms with Crippen LogP contribution in [0.1, 0.15) is 42.8 Å². The minimum atomic E-state index is -0.248. The molecule has 1 N–H and O–H groups in total. The highest BCUT2D eigenvalue weighted by atomic mass is 32.1. The van der Waals surface area contributed by atoms with Gasteiger partial charge in [0.2, 0.25) is 5.89 Å². The van der Waals surface area contributed by atoms with Crippen LogP contribution in [0.4, 0.5) is 4.79 Å². The Morgan fingerprint density at radius 1 is 1.61 bits per heavy atom. The zero-order valence-electron chi connectivity index (χ0n) is 13.2. The van der Waals surface area contributed by atoms with Crippen molar-refractivity contribution in [1.29, 1.82) is 0 Å². The van der Waals surface area contributed by atoms with Gasteiger partial charge in [0, 0.05) is 13.5 Å². The number of hydrogen-bond acceptors (Lipinski definition) is 6. The molecule has 1 fully saturated rings. The summed E-state index contributed by atoms with van der Waals surface area (Å²) < 4.78 is 10.8. The molecular weight excluding hydrogens is 316 g/mol. The van der Waals surface area contributed by atoms with E-state index in [0.717, 1.165) is 5.56 Å². The first kappa shape index (κ1) is 15.9. The van der Waals surface area contributed by atoms with Gasteiger partial charge in [0.1, 0.15) is 6.10 Å². The monoisotopic (exact) mass is 336 g/mol. The second-order valence-corrected chi connectivity index (χ2v) is 6.22. The van der Waals surface area contributed by atoms with E-state index in [9.17, 15) is 4.79 Å². The molecule has 1 aliphatic heterocycles. The van der Waals surface area contributed by atoms with E-state index in [1.54, 1.807) is 23.2 Å².